The largest absolute Gasteiger partial charge is 0.335 e. The Morgan fingerprint density at radius 3 is 2.58 bits per heavy atom. The fraction of sp³-hybridized carbons (Fsp3) is 0.412. The molecule has 3 rings (SSSR count). The SMILES string of the molecule is CC(C)c1[nH]nc(C(=O)N2C[C@@H](N)[C@H](c3ccccc3)C2)c1Br.Cl. The summed E-state index contributed by atoms with van der Waals surface area (Å²) >= 11 is 3.50. The van der Waals surface area contributed by atoms with E-state index in [0.29, 0.717) is 18.8 Å². The van der Waals surface area contributed by atoms with E-state index in [9.17, 15) is 4.79 Å². The number of hydrogen-bond acceptors (Lipinski definition) is 3. The van der Waals surface area contributed by atoms with E-state index < -0.39 is 0 Å². The second kappa shape index (κ2) is 7.68. The summed E-state index contributed by atoms with van der Waals surface area (Å²) in [5.41, 5.74) is 8.84. The highest BCUT2D eigenvalue weighted by Crippen LogP contribution is 2.30. The van der Waals surface area contributed by atoms with Crippen molar-refractivity contribution in [1.29, 1.82) is 0 Å². The summed E-state index contributed by atoms with van der Waals surface area (Å²) in [7, 11) is 0. The van der Waals surface area contributed by atoms with E-state index >= 15 is 0 Å². The third-order valence-corrected chi connectivity index (χ3v) is 5.20. The predicted octanol–water partition coefficient (Wildman–Crippen LogP) is 3.28. The molecule has 1 saturated heterocycles. The summed E-state index contributed by atoms with van der Waals surface area (Å²) in [6.07, 6.45) is 0. The Balaban J connectivity index is 0.00000208. The highest BCUT2D eigenvalue weighted by Gasteiger charge is 2.36. The molecule has 2 aromatic rings. The number of hydrogen-bond donors (Lipinski definition) is 2. The van der Waals surface area contributed by atoms with Crippen LogP contribution in [0.4, 0.5) is 0 Å². The van der Waals surface area contributed by atoms with Crippen LogP contribution in [0.5, 0.6) is 0 Å². The van der Waals surface area contributed by atoms with Crippen molar-refractivity contribution in [2.75, 3.05) is 13.1 Å². The van der Waals surface area contributed by atoms with Gasteiger partial charge in [-0.3, -0.25) is 9.89 Å². The van der Waals surface area contributed by atoms with E-state index in [4.69, 9.17) is 5.73 Å². The zero-order chi connectivity index (χ0) is 16.6. The highest BCUT2D eigenvalue weighted by molar-refractivity contribution is 9.10. The van der Waals surface area contributed by atoms with Gasteiger partial charge in [0.25, 0.3) is 5.91 Å². The quantitative estimate of drug-likeness (QED) is 0.811. The van der Waals surface area contributed by atoms with Crippen LogP contribution >= 0.6 is 28.3 Å². The van der Waals surface area contributed by atoms with Crippen LogP contribution in [-0.4, -0.2) is 40.1 Å². The van der Waals surface area contributed by atoms with Gasteiger partial charge in [-0.2, -0.15) is 5.10 Å². The van der Waals surface area contributed by atoms with Gasteiger partial charge in [0, 0.05) is 25.0 Å². The van der Waals surface area contributed by atoms with Gasteiger partial charge in [-0.05, 0) is 27.4 Å². The minimum atomic E-state index is -0.0751. The number of carbonyl (C=O) groups is 1. The van der Waals surface area contributed by atoms with Crippen LogP contribution < -0.4 is 5.73 Å². The van der Waals surface area contributed by atoms with Crippen LogP contribution in [0.2, 0.25) is 0 Å². The molecule has 24 heavy (non-hydrogen) atoms. The van der Waals surface area contributed by atoms with Crippen molar-refractivity contribution in [1.82, 2.24) is 15.1 Å². The van der Waals surface area contributed by atoms with E-state index in [1.165, 1.54) is 5.56 Å². The first kappa shape index (κ1) is 19.0. The van der Waals surface area contributed by atoms with Gasteiger partial charge in [-0.1, -0.05) is 44.2 Å². The number of carbonyl (C=O) groups excluding carboxylic acids is 1. The summed E-state index contributed by atoms with van der Waals surface area (Å²) in [6, 6.07) is 10.1. The summed E-state index contributed by atoms with van der Waals surface area (Å²) < 4.78 is 0.759. The Labute approximate surface area is 156 Å². The fourth-order valence-electron chi connectivity index (χ4n) is 3.06. The molecule has 0 unspecified atom stereocenters. The molecule has 1 amide bonds. The number of nitrogens with one attached hydrogen (secondary N) is 1. The number of nitrogens with two attached hydrogens (primary N) is 1. The van der Waals surface area contributed by atoms with Crippen molar-refractivity contribution in [3.8, 4) is 0 Å². The minimum Gasteiger partial charge on any atom is -0.335 e. The third-order valence-electron chi connectivity index (χ3n) is 4.39. The molecule has 3 N–H and O–H groups in total. The lowest BCUT2D eigenvalue weighted by Gasteiger charge is -2.15. The highest BCUT2D eigenvalue weighted by atomic mass is 79.9. The van der Waals surface area contributed by atoms with Crippen molar-refractivity contribution in [2.45, 2.75) is 31.7 Å². The van der Waals surface area contributed by atoms with Gasteiger partial charge in [0.2, 0.25) is 0 Å². The number of amides is 1. The first-order chi connectivity index (χ1) is 11.0. The van der Waals surface area contributed by atoms with Crippen molar-refractivity contribution < 1.29 is 4.79 Å². The Morgan fingerprint density at radius 1 is 1.33 bits per heavy atom. The summed E-state index contributed by atoms with van der Waals surface area (Å²) in [4.78, 5) is 14.6. The zero-order valence-corrected chi connectivity index (χ0v) is 16.1. The first-order valence-corrected chi connectivity index (χ1v) is 8.62. The maximum atomic E-state index is 12.8. The van der Waals surface area contributed by atoms with Crippen molar-refractivity contribution in [3.05, 3.63) is 51.8 Å². The molecule has 1 aromatic carbocycles. The number of aromatic nitrogens is 2. The summed E-state index contributed by atoms with van der Waals surface area (Å²) in [5, 5.41) is 7.16. The monoisotopic (exact) mass is 412 g/mol. The van der Waals surface area contributed by atoms with Gasteiger partial charge in [-0.25, -0.2) is 0 Å². The molecule has 130 valence electrons. The molecule has 1 aliphatic rings. The Hall–Kier alpha value is -1.37. The van der Waals surface area contributed by atoms with E-state index in [1.807, 2.05) is 18.2 Å². The molecule has 1 aromatic heterocycles. The average molecular weight is 414 g/mol. The third kappa shape index (κ3) is 3.50. The van der Waals surface area contributed by atoms with E-state index in [0.717, 1.165) is 10.2 Å². The summed E-state index contributed by atoms with van der Waals surface area (Å²) in [5.74, 6) is 0.368. The van der Waals surface area contributed by atoms with E-state index in [-0.39, 0.29) is 36.2 Å². The molecule has 1 fully saturated rings. The standard InChI is InChI=1S/C17H21BrN4O.ClH/c1-10(2)15-14(18)16(21-20-15)17(23)22-8-12(13(19)9-22)11-6-4-3-5-7-11;/h3-7,10,12-13H,8-9,19H2,1-2H3,(H,20,21);1H/t12-,13+;/m0./s1. The molecule has 1 aliphatic heterocycles. The fourth-order valence-corrected chi connectivity index (χ4v) is 3.87. The van der Waals surface area contributed by atoms with Crippen molar-refractivity contribution in [2.24, 2.45) is 5.73 Å². The lowest BCUT2D eigenvalue weighted by molar-refractivity contribution is 0.0782. The van der Waals surface area contributed by atoms with Gasteiger partial charge < -0.3 is 10.6 Å². The smallest absolute Gasteiger partial charge is 0.275 e. The molecular weight excluding hydrogens is 392 g/mol. The molecule has 0 aliphatic carbocycles. The molecule has 0 saturated carbocycles. The number of benzene rings is 1. The van der Waals surface area contributed by atoms with Gasteiger partial charge >= 0.3 is 0 Å². The molecule has 0 spiro atoms. The molecule has 2 heterocycles. The molecule has 5 nitrogen and oxygen atoms in total. The maximum Gasteiger partial charge on any atom is 0.275 e. The number of nitrogens with zero attached hydrogens (tertiary/aromatic N) is 2. The molecule has 0 bridgehead atoms. The second-order valence-electron chi connectivity index (χ2n) is 6.35. The number of rotatable bonds is 3. The number of likely N-dealkylation sites (tertiary alicyclic amines) is 1. The van der Waals surface area contributed by atoms with Gasteiger partial charge in [-0.15, -0.1) is 12.4 Å². The molecule has 2 atom stereocenters. The van der Waals surface area contributed by atoms with Gasteiger partial charge in [0.05, 0.1) is 10.2 Å². The first-order valence-electron chi connectivity index (χ1n) is 7.82. The Kier molecular flexibility index (Phi) is 6.06. The average Bonchev–Trinajstić information content (AvgIpc) is 3.11. The number of H-pyrrole nitrogens is 1. The van der Waals surface area contributed by atoms with Crippen LogP contribution in [0.1, 0.15) is 47.4 Å². The lowest BCUT2D eigenvalue weighted by Crippen LogP contribution is -2.32. The number of aromatic amines is 1. The minimum absolute atomic E-state index is 0. The van der Waals surface area contributed by atoms with E-state index in [1.54, 1.807) is 4.90 Å². The molecule has 7 heteroatoms. The van der Waals surface area contributed by atoms with Crippen molar-refractivity contribution in [3.63, 3.8) is 0 Å². The Bertz CT molecular complexity index is 704. The summed E-state index contributed by atoms with van der Waals surface area (Å²) in [6.45, 7) is 5.29. The lowest BCUT2D eigenvalue weighted by atomic mass is 9.95. The second-order valence-corrected chi connectivity index (χ2v) is 7.14. The van der Waals surface area contributed by atoms with E-state index in [2.05, 4.69) is 52.1 Å². The van der Waals surface area contributed by atoms with Crippen LogP contribution in [0, 0.1) is 0 Å². The molecule has 0 radical (unpaired) electrons. The van der Waals surface area contributed by atoms with Crippen LogP contribution in [0.3, 0.4) is 0 Å². The van der Waals surface area contributed by atoms with Gasteiger partial charge in [0.15, 0.2) is 5.69 Å². The molecular formula is C17H22BrClN4O. The predicted molar refractivity (Wildman–Crippen MR) is 101 cm³/mol. The Morgan fingerprint density at radius 2 is 2.00 bits per heavy atom. The topological polar surface area (TPSA) is 75.0 Å². The van der Waals surface area contributed by atoms with Crippen molar-refractivity contribution >= 4 is 34.2 Å². The van der Waals surface area contributed by atoms with Crippen LogP contribution in [0.25, 0.3) is 0 Å². The van der Waals surface area contributed by atoms with Crippen LogP contribution in [-0.2, 0) is 0 Å². The number of halogens is 2. The maximum absolute atomic E-state index is 12.8. The normalized spacial score (nSPS) is 20.3. The zero-order valence-electron chi connectivity index (χ0n) is 13.7. The van der Waals surface area contributed by atoms with Crippen LogP contribution in [0.15, 0.2) is 34.8 Å². The van der Waals surface area contributed by atoms with Gasteiger partial charge in [0.1, 0.15) is 0 Å².